The van der Waals surface area contributed by atoms with Crippen LogP contribution in [-0.2, 0) is 63.0 Å². The van der Waals surface area contributed by atoms with Crippen LogP contribution in [-0.4, -0.2) is 93.4 Å². The highest BCUT2D eigenvalue weighted by Crippen LogP contribution is 2.60. The van der Waals surface area contributed by atoms with Gasteiger partial charge in [0.25, 0.3) is 17.7 Å². The first-order valence-electron chi connectivity index (χ1n) is 22.3. The number of rotatable bonds is 15. The van der Waals surface area contributed by atoms with Gasteiger partial charge < -0.3 is 54.1 Å². The van der Waals surface area contributed by atoms with E-state index in [1.54, 1.807) is 71.6 Å². The summed E-state index contributed by atoms with van der Waals surface area (Å²) in [4.78, 5) is 66.8. The summed E-state index contributed by atoms with van der Waals surface area (Å²) in [5, 5.41) is 11.5. The Morgan fingerprint density at radius 3 is 1.95 bits per heavy atom. The number of carbonyl (C=O) groups is 4. The van der Waals surface area contributed by atoms with Crippen molar-refractivity contribution < 1.29 is 43.2 Å². The van der Waals surface area contributed by atoms with Crippen molar-refractivity contribution in [1.29, 1.82) is 0 Å². The van der Waals surface area contributed by atoms with Gasteiger partial charge in [-0.3, -0.25) is 19.2 Å². The van der Waals surface area contributed by atoms with Gasteiger partial charge in [0.05, 0.1) is 30.1 Å². The minimum atomic E-state index is -0.844. The van der Waals surface area contributed by atoms with Gasteiger partial charge in [-0.1, -0.05) is 38.1 Å². The number of carbonyl (C=O) groups excluding carboxylic acids is 4. The molecule has 344 valence electrons. The first-order valence-corrected chi connectivity index (χ1v) is 22.3. The van der Waals surface area contributed by atoms with Gasteiger partial charge in [-0.25, -0.2) is 9.78 Å². The highest BCUT2D eigenvalue weighted by molar-refractivity contribution is 6.07. The molecule has 2 bridgehead atoms. The molecule has 4 aromatic rings. The van der Waals surface area contributed by atoms with Crippen LogP contribution in [0.25, 0.3) is 0 Å². The van der Waals surface area contributed by atoms with Crippen LogP contribution in [0, 0.1) is 23.7 Å². The number of fused-ring (bicyclic) bond motifs is 2. The lowest BCUT2D eigenvalue weighted by molar-refractivity contribution is -0.577. The second-order valence-corrected chi connectivity index (χ2v) is 18.6. The topological polar surface area (TPSA) is 181 Å². The number of ether oxygens (including phenoxy) is 3. The Kier molecular flexibility index (Phi) is 12.9. The zero-order chi connectivity index (χ0) is 45.5. The molecule has 64 heavy (non-hydrogen) atoms. The van der Waals surface area contributed by atoms with Crippen molar-refractivity contribution >= 4 is 40.7 Å². The van der Waals surface area contributed by atoms with Gasteiger partial charge in [-0.05, 0) is 94.4 Å². The number of nitrogens with one attached hydrogen (secondary N) is 4. The Bertz CT molecular complexity index is 2370. The van der Waals surface area contributed by atoms with Crippen LogP contribution in [0.15, 0.2) is 61.1 Å². The molecule has 3 aromatic heterocycles. The Morgan fingerprint density at radius 2 is 1.34 bits per heavy atom. The lowest BCUT2D eigenvalue weighted by Gasteiger charge is -2.60. The maximum absolute atomic E-state index is 13.4. The normalized spacial score (nSPS) is 27.1. The van der Waals surface area contributed by atoms with Crippen LogP contribution in [0.4, 0.5) is 17.1 Å². The van der Waals surface area contributed by atoms with E-state index in [2.05, 4.69) is 40.0 Å². The Morgan fingerprint density at radius 1 is 0.766 bits per heavy atom. The lowest BCUT2D eigenvalue weighted by atomic mass is 9.58. The summed E-state index contributed by atoms with van der Waals surface area (Å²) in [6.45, 7) is 8.12. The molecule has 17 heteroatoms. The average molecular weight is 883 g/mol. The number of aryl methyl sites for hydroxylation is 3. The molecule has 1 saturated carbocycles. The number of aromatic nitrogens is 3. The van der Waals surface area contributed by atoms with Crippen LogP contribution >= 0.6 is 0 Å². The maximum atomic E-state index is 13.4. The van der Waals surface area contributed by atoms with Gasteiger partial charge in [0, 0.05) is 64.5 Å². The van der Waals surface area contributed by atoms with E-state index in [0.29, 0.717) is 53.2 Å². The van der Waals surface area contributed by atoms with Gasteiger partial charge >= 0.3 is 0 Å². The molecule has 4 amide bonds. The smallest absolute Gasteiger partial charge is 0.272 e. The molecular weight excluding hydrogens is 821 g/mol. The second-order valence-electron chi connectivity index (χ2n) is 18.6. The Balaban J connectivity index is 0.811. The predicted molar refractivity (Wildman–Crippen MR) is 238 cm³/mol. The van der Waals surface area contributed by atoms with Crippen LogP contribution in [0.3, 0.4) is 0 Å². The lowest BCUT2D eigenvalue weighted by Crippen LogP contribution is -2.70. The maximum Gasteiger partial charge on any atom is 0.272 e. The summed E-state index contributed by atoms with van der Waals surface area (Å²) in [7, 11) is 9.12. The van der Waals surface area contributed by atoms with E-state index >= 15 is 0 Å². The van der Waals surface area contributed by atoms with E-state index in [-0.39, 0.29) is 36.0 Å². The summed E-state index contributed by atoms with van der Waals surface area (Å²) >= 11 is 0. The molecule has 9 rings (SSSR count). The fourth-order valence-electron chi connectivity index (χ4n) is 10.0. The van der Waals surface area contributed by atoms with Crippen molar-refractivity contribution in [2.75, 3.05) is 43.1 Å². The van der Waals surface area contributed by atoms with Crippen molar-refractivity contribution in [3.05, 3.63) is 89.3 Å². The molecule has 0 radical (unpaired) electrons. The minimum Gasteiger partial charge on any atom is -0.351 e. The molecule has 1 aliphatic carbocycles. The van der Waals surface area contributed by atoms with Crippen molar-refractivity contribution in [2.45, 2.75) is 89.9 Å². The molecule has 5 fully saturated rings. The van der Waals surface area contributed by atoms with Gasteiger partial charge in [0.1, 0.15) is 17.1 Å². The highest BCUT2D eigenvalue weighted by Gasteiger charge is 2.69. The summed E-state index contributed by atoms with van der Waals surface area (Å²) in [5.74, 6) is -1.11. The molecule has 1 spiro atoms. The van der Waals surface area contributed by atoms with Crippen molar-refractivity contribution in [1.82, 2.24) is 23.9 Å². The zero-order valence-corrected chi connectivity index (χ0v) is 38.1. The third-order valence-electron chi connectivity index (χ3n) is 13.5. The summed E-state index contributed by atoms with van der Waals surface area (Å²) in [6, 6.07) is 12.5. The first kappa shape index (κ1) is 45.3. The number of anilines is 3. The molecule has 5 aliphatic rings. The largest absolute Gasteiger partial charge is 0.351 e. The summed E-state index contributed by atoms with van der Waals surface area (Å²) in [6.07, 6.45) is 8.73. The van der Waals surface area contributed by atoms with Crippen LogP contribution in [0.5, 0.6) is 0 Å². The number of hydrogen-bond acceptors (Lipinski definition) is 10. The van der Waals surface area contributed by atoms with Gasteiger partial charge in [-0.15, -0.1) is 0 Å². The summed E-state index contributed by atoms with van der Waals surface area (Å²) < 4.78 is 24.3. The molecular formula is C47H62N8O9. The van der Waals surface area contributed by atoms with E-state index in [9.17, 15) is 19.2 Å². The number of benzene rings is 1. The molecule has 4 aliphatic heterocycles. The third-order valence-corrected chi connectivity index (χ3v) is 13.5. The van der Waals surface area contributed by atoms with Crippen molar-refractivity contribution in [3.63, 3.8) is 0 Å². The zero-order valence-electron chi connectivity index (χ0n) is 38.1. The fourth-order valence-corrected chi connectivity index (χ4v) is 10.0. The van der Waals surface area contributed by atoms with Crippen LogP contribution in [0.1, 0.15) is 95.5 Å². The molecule has 4 N–H and O–H groups in total. The van der Waals surface area contributed by atoms with E-state index in [4.69, 9.17) is 24.0 Å². The Hall–Kier alpha value is -5.30. The highest BCUT2D eigenvalue weighted by atomic mass is 17.3. The number of nitrogens with zero attached hydrogens (tertiary/aromatic N) is 4. The molecule has 17 nitrogen and oxygen atoms in total. The minimum absolute atomic E-state index is 0.0687. The van der Waals surface area contributed by atoms with Crippen molar-refractivity contribution in [3.8, 4) is 0 Å². The summed E-state index contributed by atoms with van der Waals surface area (Å²) in [5.41, 5.74) is 3.51. The van der Waals surface area contributed by atoms with Crippen molar-refractivity contribution in [2.24, 2.45) is 44.8 Å². The van der Waals surface area contributed by atoms with Gasteiger partial charge in [0.2, 0.25) is 11.7 Å². The van der Waals surface area contributed by atoms with E-state index in [0.717, 1.165) is 49.8 Å². The average Bonchev–Trinajstić information content (AvgIpc) is 3.87. The number of hydrogen-bond donors (Lipinski definition) is 4. The third kappa shape index (κ3) is 9.28. The SMILES string of the molecule is C[C@H]1[C@@H](OCc2ccc(CC(=O)Nc3cc(C(=O)Nc4cc(C(=O)Nc5cc(C(=O)NCCCN(C)C)n(C)c5)n(C)c4)n(C)c3)cc2)O[C@@H]2O[C@]3(C)CC[C@H]4[C@H](C)CC[C@@H]1[C@@]24OO3. The van der Waals surface area contributed by atoms with Gasteiger partial charge in [-0.2, -0.15) is 0 Å². The second kappa shape index (κ2) is 18.3. The molecule has 4 saturated heterocycles. The number of amides is 4. The monoisotopic (exact) mass is 882 g/mol. The molecule has 1 aromatic carbocycles. The standard InChI is InChI=1S/C47H62N8O9/c1-28-10-15-36-29(2)44(61-45-47(36)35(28)16-17-46(3,62-45)63-64-47)60-27-31-13-11-30(12-14-31)20-40(56)49-32-21-38(54(7)24-32)42(58)51-34-23-39(55(8)26-34)43(59)50-33-22-37(53(6)25-33)41(57)48-18-9-19-52(4)5/h11-14,21-26,28-29,35-36,44-45H,9-10,15-20,27H2,1-8H3,(H,48,57)(H,49,56)(H,50,59)(H,51,58)/t28-,29-,35+,36+,44+,45-,46+,47-/m1/s1. The fraction of sp³-hybridized carbons (Fsp3) is 0.532. The Labute approximate surface area is 374 Å². The molecule has 7 heterocycles. The quantitative estimate of drug-likeness (QED) is 0.0843. The van der Waals surface area contributed by atoms with Gasteiger partial charge in [0.15, 0.2) is 18.2 Å². The predicted octanol–water partition coefficient (Wildman–Crippen LogP) is 5.79. The molecule has 0 unspecified atom stereocenters. The molecule has 8 atom stereocenters. The van der Waals surface area contributed by atoms with E-state index in [1.807, 2.05) is 45.3 Å². The first-order chi connectivity index (χ1) is 30.5. The van der Waals surface area contributed by atoms with E-state index in [1.165, 1.54) is 0 Å². The van der Waals surface area contributed by atoms with E-state index < -0.39 is 35.8 Å². The van der Waals surface area contributed by atoms with Crippen LogP contribution < -0.4 is 21.3 Å². The van der Waals surface area contributed by atoms with Crippen LogP contribution in [0.2, 0.25) is 0 Å².